The number of hydrogen-bond acceptors (Lipinski definition) is 2. The maximum absolute atomic E-state index is 13.6. The molecule has 0 spiro atoms. The van der Waals surface area contributed by atoms with Crippen LogP contribution in [0.4, 0.5) is 0 Å². The van der Waals surface area contributed by atoms with Gasteiger partial charge in [-0.3, -0.25) is 9.48 Å². The minimum absolute atomic E-state index is 0.264. The third-order valence-corrected chi connectivity index (χ3v) is 6.48. The van der Waals surface area contributed by atoms with Gasteiger partial charge in [0.15, 0.2) is 0 Å². The molecule has 3 aliphatic carbocycles. The lowest BCUT2D eigenvalue weighted by atomic mass is 9.88. The minimum Gasteiger partial charge on any atom is -0.331 e. The van der Waals surface area contributed by atoms with E-state index in [1.54, 1.807) is 0 Å². The van der Waals surface area contributed by atoms with Crippen molar-refractivity contribution in [2.45, 2.75) is 109 Å². The first-order chi connectivity index (χ1) is 12.3. The second-order valence-electron chi connectivity index (χ2n) is 8.34. The summed E-state index contributed by atoms with van der Waals surface area (Å²) in [5.74, 6) is 0.872. The van der Waals surface area contributed by atoms with Crippen LogP contribution in [-0.2, 0) is 6.54 Å². The van der Waals surface area contributed by atoms with E-state index < -0.39 is 0 Å². The van der Waals surface area contributed by atoms with Crippen LogP contribution in [0.5, 0.6) is 0 Å². The largest absolute Gasteiger partial charge is 0.331 e. The molecule has 1 aromatic heterocycles. The Morgan fingerprint density at radius 3 is 2.04 bits per heavy atom. The molecule has 3 saturated carbocycles. The van der Waals surface area contributed by atoms with Crippen molar-refractivity contribution in [3.05, 3.63) is 17.5 Å². The molecule has 1 heterocycles. The zero-order valence-corrected chi connectivity index (χ0v) is 15.8. The highest BCUT2D eigenvalue weighted by Crippen LogP contribution is 2.40. The molecular formula is C21H33N3O. The van der Waals surface area contributed by atoms with Gasteiger partial charge in [-0.1, -0.05) is 38.5 Å². The number of nitrogens with zero attached hydrogens (tertiary/aromatic N) is 3. The lowest BCUT2D eigenvalue weighted by molar-refractivity contribution is 0.0436. The number of carbonyl (C=O) groups is 1. The number of rotatable bonds is 5. The molecule has 4 rings (SSSR count). The summed E-state index contributed by atoms with van der Waals surface area (Å²) in [6.45, 7) is 2.89. The van der Waals surface area contributed by atoms with Crippen molar-refractivity contribution in [1.29, 1.82) is 0 Å². The first kappa shape index (κ1) is 17.1. The molecule has 138 valence electrons. The Labute approximate surface area is 152 Å². The predicted octanol–water partition coefficient (Wildman–Crippen LogP) is 4.89. The third-order valence-electron chi connectivity index (χ3n) is 6.48. The number of carbonyl (C=O) groups excluding carboxylic acids is 1. The molecule has 3 fully saturated rings. The fourth-order valence-electron chi connectivity index (χ4n) is 4.91. The lowest BCUT2D eigenvalue weighted by Crippen LogP contribution is -2.49. The minimum atomic E-state index is 0.264. The van der Waals surface area contributed by atoms with Crippen LogP contribution in [0.1, 0.15) is 106 Å². The smallest absolute Gasteiger partial charge is 0.272 e. The van der Waals surface area contributed by atoms with Crippen molar-refractivity contribution in [1.82, 2.24) is 14.7 Å². The molecule has 0 radical (unpaired) electrons. The van der Waals surface area contributed by atoms with E-state index in [1.807, 2.05) is 4.68 Å². The summed E-state index contributed by atoms with van der Waals surface area (Å²) in [6.07, 6.45) is 15.0. The highest BCUT2D eigenvalue weighted by molar-refractivity contribution is 5.93. The SMILES string of the molecule is CCn1nc(C2CC2)cc1C(=O)N(C1CCCCC1)C1CCCCC1. The molecule has 4 heteroatoms. The van der Waals surface area contributed by atoms with Crippen LogP contribution in [0.3, 0.4) is 0 Å². The Bertz CT molecular complexity index is 574. The molecule has 0 aliphatic heterocycles. The average Bonchev–Trinajstić information content (AvgIpc) is 3.42. The van der Waals surface area contributed by atoms with E-state index in [0.29, 0.717) is 18.0 Å². The monoisotopic (exact) mass is 343 g/mol. The molecule has 0 N–H and O–H groups in total. The van der Waals surface area contributed by atoms with Crippen molar-refractivity contribution in [3.8, 4) is 0 Å². The molecule has 3 aliphatic rings. The van der Waals surface area contributed by atoms with E-state index in [1.165, 1.54) is 77.0 Å². The van der Waals surface area contributed by atoms with Gasteiger partial charge >= 0.3 is 0 Å². The molecule has 0 aromatic carbocycles. The van der Waals surface area contributed by atoms with Crippen LogP contribution in [0.25, 0.3) is 0 Å². The molecule has 0 saturated heterocycles. The van der Waals surface area contributed by atoms with Gasteiger partial charge in [0.25, 0.3) is 5.91 Å². The van der Waals surface area contributed by atoms with Gasteiger partial charge in [0, 0.05) is 24.5 Å². The zero-order chi connectivity index (χ0) is 17.2. The second-order valence-corrected chi connectivity index (χ2v) is 8.34. The van der Waals surface area contributed by atoms with Crippen molar-refractivity contribution >= 4 is 5.91 Å². The van der Waals surface area contributed by atoms with Gasteiger partial charge in [-0.25, -0.2) is 0 Å². The van der Waals surface area contributed by atoms with Crippen molar-refractivity contribution in [3.63, 3.8) is 0 Å². The Hall–Kier alpha value is -1.32. The van der Waals surface area contributed by atoms with Gasteiger partial charge in [-0.2, -0.15) is 5.10 Å². The summed E-state index contributed by atoms with van der Waals surface area (Å²) in [5, 5.41) is 4.75. The van der Waals surface area contributed by atoms with Crippen LogP contribution < -0.4 is 0 Å². The lowest BCUT2D eigenvalue weighted by Gasteiger charge is -2.41. The second kappa shape index (κ2) is 7.51. The molecule has 25 heavy (non-hydrogen) atoms. The predicted molar refractivity (Wildman–Crippen MR) is 99.8 cm³/mol. The summed E-state index contributed by atoms with van der Waals surface area (Å²) in [7, 11) is 0. The summed E-state index contributed by atoms with van der Waals surface area (Å²) in [4.78, 5) is 16.0. The van der Waals surface area contributed by atoms with Gasteiger partial charge < -0.3 is 4.90 Å². The Morgan fingerprint density at radius 1 is 1.00 bits per heavy atom. The fraction of sp³-hybridized carbons (Fsp3) is 0.810. The van der Waals surface area contributed by atoms with Crippen molar-refractivity contribution in [2.75, 3.05) is 0 Å². The number of amides is 1. The molecule has 1 amide bonds. The van der Waals surface area contributed by atoms with Crippen molar-refractivity contribution in [2.24, 2.45) is 0 Å². The van der Waals surface area contributed by atoms with Crippen LogP contribution in [-0.4, -0.2) is 32.7 Å². The van der Waals surface area contributed by atoms with E-state index in [2.05, 4.69) is 17.9 Å². The van der Waals surface area contributed by atoms with Crippen LogP contribution in [0.15, 0.2) is 6.07 Å². The summed E-state index contributed by atoms with van der Waals surface area (Å²) >= 11 is 0. The maximum atomic E-state index is 13.6. The van der Waals surface area contributed by atoms with Crippen LogP contribution in [0.2, 0.25) is 0 Å². The van der Waals surface area contributed by atoms with E-state index in [4.69, 9.17) is 5.10 Å². The molecule has 0 bridgehead atoms. The zero-order valence-electron chi connectivity index (χ0n) is 15.8. The summed E-state index contributed by atoms with van der Waals surface area (Å²) in [5.41, 5.74) is 2.00. The van der Waals surface area contributed by atoms with E-state index >= 15 is 0 Å². The normalized spacial score (nSPS) is 22.9. The maximum Gasteiger partial charge on any atom is 0.272 e. The fourth-order valence-corrected chi connectivity index (χ4v) is 4.91. The molecule has 0 atom stereocenters. The van der Waals surface area contributed by atoms with Gasteiger partial charge in [-0.15, -0.1) is 0 Å². The number of aromatic nitrogens is 2. The molecule has 1 aromatic rings. The quantitative estimate of drug-likeness (QED) is 0.763. The van der Waals surface area contributed by atoms with Crippen molar-refractivity contribution < 1.29 is 4.79 Å². The highest BCUT2D eigenvalue weighted by Gasteiger charge is 2.35. The van der Waals surface area contributed by atoms with E-state index in [9.17, 15) is 4.79 Å². The summed E-state index contributed by atoms with van der Waals surface area (Å²) < 4.78 is 1.97. The molecule has 0 unspecified atom stereocenters. The topological polar surface area (TPSA) is 38.1 Å². The Morgan fingerprint density at radius 2 is 1.56 bits per heavy atom. The summed E-state index contributed by atoms with van der Waals surface area (Å²) in [6, 6.07) is 3.02. The van der Waals surface area contributed by atoms with Gasteiger partial charge in [-0.05, 0) is 51.5 Å². The van der Waals surface area contributed by atoms with E-state index in [-0.39, 0.29) is 5.91 Å². The van der Waals surface area contributed by atoms with Gasteiger partial charge in [0.05, 0.1) is 5.69 Å². The Balaban J connectivity index is 1.62. The first-order valence-electron chi connectivity index (χ1n) is 10.7. The van der Waals surface area contributed by atoms with Crippen LogP contribution in [0, 0.1) is 0 Å². The molecular weight excluding hydrogens is 310 g/mol. The average molecular weight is 344 g/mol. The third kappa shape index (κ3) is 3.63. The molecule has 4 nitrogen and oxygen atoms in total. The number of aryl methyl sites for hydroxylation is 1. The highest BCUT2D eigenvalue weighted by atomic mass is 16.2. The van der Waals surface area contributed by atoms with E-state index in [0.717, 1.165) is 17.9 Å². The Kier molecular flexibility index (Phi) is 5.14. The first-order valence-corrected chi connectivity index (χ1v) is 10.7. The van der Waals surface area contributed by atoms with Crippen LogP contribution >= 0.6 is 0 Å². The van der Waals surface area contributed by atoms with Gasteiger partial charge in [0.2, 0.25) is 0 Å². The number of hydrogen-bond donors (Lipinski definition) is 0. The standard InChI is InChI=1S/C21H33N3O/c1-2-23-20(15-19(22-23)16-13-14-16)21(25)24(17-9-5-3-6-10-17)18-11-7-4-8-12-18/h15-18H,2-14H2,1H3. The van der Waals surface area contributed by atoms with Gasteiger partial charge in [0.1, 0.15) is 5.69 Å².